The molecule has 1 aliphatic heterocycles. The van der Waals surface area contributed by atoms with Gasteiger partial charge in [0.1, 0.15) is 23.5 Å². The minimum absolute atomic E-state index is 0.0289. The second-order valence-electron chi connectivity index (χ2n) is 5.80. The van der Waals surface area contributed by atoms with E-state index < -0.39 is 30.1 Å². The number of hydrogen-bond donors (Lipinski definition) is 3. The zero-order chi connectivity index (χ0) is 18.6. The smallest absolute Gasteiger partial charge is 0.342 e. The summed E-state index contributed by atoms with van der Waals surface area (Å²) < 4.78 is 5.28. The van der Waals surface area contributed by atoms with Crippen molar-refractivity contribution >= 4 is 29.4 Å². The van der Waals surface area contributed by atoms with E-state index in [-0.39, 0.29) is 29.2 Å². The van der Waals surface area contributed by atoms with Gasteiger partial charge in [0.15, 0.2) is 5.78 Å². The highest BCUT2D eigenvalue weighted by Gasteiger charge is 2.23. The quantitative estimate of drug-likeness (QED) is 0.608. The van der Waals surface area contributed by atoms with Gasteiger partial charge >= 0.3 is 5.97 Å². The Hall–Kier alpha value is -2.15. The Morgan fingerprint density at radius 1 is 1.12 bits per heavy atom. The maximum atomic E-state index is 12.4. The van der Waals surface area contributed by atoms with Crippen molar-refractivity contribution < 1.29 is 29.6 Å². The Morgan fingerprint density at radius 2 is 1.80 bits per heavy atom. The highest BCUT2D eigenvalue weighted by atomic mass is 35.5. The number of aliphatic hydroxyl groups is 2. The van der Waals surface area contributed by atoms with Crippen molar-refractivity contribution in [2.75, 3.05) is 0 Å². The lowest BCUT2D eigenvalue weighted by Gasteiger charge is -2.16. The molecule has 134 valence electrons. The van der Waals surface area contributed by atoms with Gasteiger partial charge in [-0.2, -0.15) is 0 Å². The van der Waals surface area contributed by atoms with Crippen LogP contribution in [0.4, 0.5) is 0 Å². The van der Waals surface area contributed by atoms with Gasteiger partial charge in [0, 0.05) is 11.4 Å². The zero-order valence-corrected chi connectivity index (χ0v) is 14.3. The van der Waals surface area contributed by atoms with Crippen molar-refractivity contribution in [1.82, 2.24) is 0 Å². The third-order valence-corrected chi connectivity index (χ3v) is 3.92. The SMILES string of the molecule is C[C@H]1C/C=C\C(=O)[C@@H](O)[C@@H](O)C/C=C/c2cc(Cl)cc(O)c2C(=O)O1. The Morgan fingerprint density at radius 3 is 2.52 bits per heavy atom. The Kier molecular flexibility index (Phi) is 6.36. The van der Waals surface area contributed by atoms with Gasteiger partial charge in [0.05, 0.1) is 6.10 Å². The largest absolute Gasteiger partial charge is 0.507 e. The maximum absolute atomic E-state index is 12.4. The van der Waals surface area contributed by atoms with Crippen LogP contribution in [0.2, 0.25) is 5.02 Å². The van der Waals surface area contributed by atoms with Gasteiger partial charge in [0.2, 0.25) is 0 Å². The summed E-state index contributed by atoms with van der Waals surface area (Å²) in [7, 11) is 0. The van der Waals surface area contributed by atoms with E-state index in [1.807, 2.05) is 0 Å². The highest BCUT2D eigenvalue weighted by molar-refractivity contribution is 6.31. The predicted molar refractivity (Wildman–Crippen MR) is 92.4 cm³/mol. The number of ketones is 1. The topological polar surface area (TPSA) is 104 Å². The van der Waals surface area contributed by atoms with Crippen molar-refractivity contribution in [3.05, 3.63) is 46.5 Å². The molecule has 0 aromatic heterocycles. The fraction of sp³-hybridized carbons (Fsp3) is 0.333. The molecule has 2 rings (SSSR count). The summed E-state index contributed by atoms with van der Waals surface area (Å²) in [5.41, 5.74) is 0.266. The molecular weight excluding hydrogens is 348 g/mol. The molecule has 1 heterocycles. The summed E-state index contributed by atoms with van der Waals surface area (Å²) in [5.74, 6) is -1.67. The fourth-order valence-corrected chi connectivity index (χ4v) is 2.60. The van der Waals surface area contributed by atoms with Crippen LogP contribution >= 0.6 is 11.6 Å². The molecular formula is C18H19ClO6. The summed E-state index contributed by atoms with van der Waals surface area (Å²) in [6.07, 6.45) is 2.36. The Labute approximate surface area is 150 Å². The van der Waals surface area contributed by atoms with E-state index in [2.05, 4.69) is 0 Å². The van der Waals surface area contributed by atoms with Crippen molar-refractivity contribution in [1.29, 1.82) is 0 Å². The predicted octanol–water partition coefficient (Wildman–Crippen LogP) is 2.25. The molecule has 0 unspecified atom stereocenters. The third-order valence-electron chi connectivity index (χ3n) is 3.71. The molecule has 0 radical (unpaired) electrons. The molecule has 1 aliphatic rings. The number of halogens is 1. The first-order chi connectivity index (χ1) is 11.8. The number of hydrogen-bond acceptors (Lipinski definition) is 6. The number of rotatable bonds is 0. The molecule has 25 heavy (non-hydrogen) atoms. The van der Waals surface area contributed by atoms with Gasteiger partial charge in [0.25, 0.3) is 0 Å². The molecule has 3 atom stereocenters. The van der Waals surface area contributed by atoms with Crippen LogP contribution in [0.25, 0.3) is 6.08 Å². The summed E-state index contributed by atoms with van der Waals surface area (Å²) >= 11 is 5.91. The number of fused-ring (bicyclic) bond motifs is 1. The number of benzene rings is 1. The number of aliphatic hydroxyl groups excluding tert-OH is 2. The Balaban J connectivity index is 2.43. The minimum Gasteiger partial charge on any atom is -0.507 e. The van der Waals surface area contributed by atoms with E-state index in [0.717, 1.165) is 6.08 Å². The molecule has 1 aromatic carbocycles. The summed E-state index contributed by atoms with van der Waals surface area (Å²) in [4.78, 5) is 24.1. The molecule has 0 fully saturated rings. The van der Waals surface area contributed by atoms with E-state index in [9.17, 15) is 24.9 Å². The summed E-state index contributed by atoms with van der Waals surface area (Å²) in [6.45, 7) is 1.63. The maximum Gasteiger partial charge on any atom is 0.342 e. The monoisotopic (exact) mass is 366 g/mol. The van der Waals surface area contributed by atoms with E-state index in [4.69, 9.17) is 16.3 Å². The second kappa shape index (κ2) is 8.29. The van der Waals surface area contributed by atoms with E-state index in [1.54, 1.807) is 6.92 Å². The van der Waals surface area contributed by atoms with Crippen LogP contribution in [0.3, 0.4) is 0 Å². The molecule has 0 saturated carbocycles. The average molecular weight is 367 g/mol. The molecule has 0 saturated heterocycles. The van der Waals surface area contributed by atoms with Crippen molar-refractivity contribution in [3.63, 3.8) is 0 Å². The van der Waals surface area contributed by atoms with Gasteiger partial charge in [-0.1, -0.05) is 29.8 Å². The number of ether oxygens (including phenoxy) is 1. The van der Waals surface area contributed by atoms with Crippen LogP contribution < -0.4 is 0 Å². The number of phenols is 1. The summed E-state index contributed by atoms with van der Waals surface area (Å²) in [5, 5.41) is 30.0. The van der Waals surface area contributed by atoms with Gasteiger partial charge in [-0.15, -0.1) is 0 Å². The number of carbonyl (C=O) groups excluding carboxylic acids is 2. The van der Waals surface area contributed by atoms with Crippen LogP contribution in [-0.2, 0) is 9.53 Å². The molecule has 0 spiro atoms. The van der Waals surface area contributed by atoms with Crippen LogP contribution in [0.5, 0.6) is 5.75 Å². The standard InChI is InChI=1S/C18H19ClO6/c1-10-4-2-6-13(20)17(23)14(21)7-3-5-11-8-12(19)9-15(22)16(11)18(24)25-10/h2-3,5-6,8-10,14,17,21-23H,4,7H2,1H3/b5-3+,6-2-/t10-,14-,17+/m0/s1. The number of carbonyl (C=O) groups is 2. The number of esters is 1. The lowest BCUT2D eigenvalue weighted by atomic mass is 10.0. The number of phenolic OH excluding ortho intramolecular Hbond substituents is 1. The lowest BCUT2D eigenvalue weighted by molar-refractivity contribution is -0.127. The average Bonchev–Trinajstić information content (AvgIpc) is 2.52. The first kappa shape index (κ1) is 19.2. The normalized spacial score (nSPS) is 27.8. The van der Waals surface area contributed by atoms with Gasteiger partial charge < -0.3 is 20.1 Å². The zero-order valence-electron chi connectivity index (χ0n) is 13.6. The van der Waals surface area contributed by atoms with Crippen LogP contribution in [-0.4, -0.2) is 45.4 Å². The van der Waals surface area contributed by atoms with Crippen LogP contribution in [0, 0.1) is 0 Å². The molecule has 3 N–H and O–H groups in total. The molecule has 1 aromatic rings. The van der Waals surface area contributed by atoms with Gasteiger partial charge in [-0.05, 0) is 37.1 Å². The van der Waals surface area contributed by atoms with E-state index in [0.29, 0.717) is 5.56 Å². The van der Waals surface area contributed by atoms with Crippen molar-refractivity contribution in [2.45, 2.75) is 38.1 Å². The van der Waals surface area contributed by atoms with Crippen LogP contribution in [0.15, 0.2) is 30.4 Å². The first-order valence-electron chi connectivity index (χ1n) is 7.76. The van der Waals surface area contributed by atoms with Crippen LogP contribution in [0.1, 0.15) is 35.7 Å². The van der Waals surface area contributed by atoms with E-state index in [1.165, 1.54) is 30.4 Å². The molecule has 0 bridgehead atoms. The summed E-state index contributed by atoms with van der Waals surface area (Å²) in [6, 6.07) is 2.71. The fourth-order valence-electron chi connectivity index (χ4n) is 2.38. The first-order valence-corrected chi connectivity index (χ1v) is 8.14. The third kappa shape index (κ3) is 4.92. The molecule has 7 heteroatoms. The minimum atomic E-state index is -1.55. The van der Waals surface area contributed by atoms with Crippen molar-refractivity contribution in [2.24, 2.45) is 0 Å². The highest BCUT2D eigenvalue weighted by Crippen LogP contribution is 2.29. The van der Waals surface area contributed by atoms with Gasteiger partial charge in [-0.3, -0.25) is 4.79 Å². The van der Waals surface area contributed by atoms with E-state index >= 15 is 0 Å². The molecule has 0 aliphatic carbocycles. The number of aromatic hydroxyl groups is 1. The molecule has 0 amide bonds. The second-order valence-corrected chi connectivity index (χ2v) is 6.23. The van der Waals surface area contributed by atoms with Crippen molar-refractivity contribution in [3.8, 4) is 5.75 Å². The Bertz CT molecular complexity index is 725. The molecule has 6 nitrogen and oxygen atoms in total. The lowest BCUT2D eigenvalue weighted by Crippen LogP contribution is -2.32. The van der Waals surface area contributed by atoms with Gasteiger partial charge in [-0.25, -0.2) is 4.79 Å². The number of cyclic esters (lactones) is 1.